The highest BCUT2D eigenvalue weighted by Crippen LogP contribution is 2.28. The number of fused-ring (bicyclic) bond motifs is 1. The van der Waals surface area contributed by atoms with Gasteiger partial charge in [0.05, 0.1) is 6.61 Å². The Morgan fingerprint density at radius 1 is 1.47 bits per heavy atom. The second-order valence-corrected chi connectivity index (χ2v) is 5.89. The van der Waals surface area contributed by atoms with Crippen LogP contribution in [0.1, 0.15) is 34.8 Å². The molecule has 19 heavy (non-hydrogen) atoms. The van der Waals surface area contributed by atoms with Crippen molar-refractivity contribution in [2.45, 2.75) is 32.9 Å². The molecule has 100 valence electrons. The summed E-state index contributed by atoms with van der Waals surface area (Å²) < 4.78 is 5.54. The summed E-state index contributed by atoms with van der Waals surface area (Å²) in [6.07, 6.45) is 1.03. The molecule has 4 heteroatoms. The van der Waals surface area contributed by atoms with Gasteiger partial charge in [-0.25, -0.2) is 4.98 Å². The molecule has 1 aliphatic heterocycles. The Kier molecular flexibility index (Phi) is 3.53. The molecule has 2 aromatic rings. The van der Waals surface area contributed by atoms with E-state index in [9.17, 15) is 0 Å². The molecule has 3 nitrogen and oxygen atoms in total. The molecule has 0 bridgehead atoms. The monoisotopic (exact) mass is 274 g/mol. The van der Waals surface area contributed by atoms with E-state index in [1.165, 1.54) is 11.1 Å². The molecule has 2 heterocycles. The molecular formula is C15H18N2OS. The average Bonchev–Trinajstić information content (AvgIpc) is 3.03. The third kappa shape index (κ3) is 2.80. The number of ether oxygens (including phenoxy) is 1. The standard InChI is InChI=1S/C15H18N2OS/c1-10-9-19-15(17-10)8-16-11(2)12-3-4-14-13(7-12)5-6-18-14/h3-4,7,9,11,16H,5-6,8H2,1-2H3. The topological polar surface area (TPSA) is 34.1 Å². The second kappa shape index (κ2) is 5.31. The summed E-state index contributed by atoms with van der Waals surface area (Å²) in [4.78, 5) is 4.47. The fraction of sp³-hybridized carbons (Fsp3) is 0.400. The first-order valence-corrected chi connectivity index (χ1v) is 7.50. The van der Waals surface area contributed by atoms with Gasteiger partial charge in [-0.1, -0.05) is 12.1 Å². The molecule has 0 radical (unpaired) electrons. The van der Waals surface area contributed by atoms with Crippen molar-refractivity contribution in [2.24, 2.45) is 0 Å². The summed E-state index contributed by atoms with van der Waals surface area (Å²) in [5.74, 6) is 1.05. The zero-order valence-electron chi connectivity index (χ0n) is 11.3. The van der Waals surface area contributed by atoms with E-state index in [1.54, 1.807) is 11.3 Å². The molecule has 0 saturated carbocycles. The number of nitrogens with one attached hydrogen (secondary N) is 1. The lowest BCUT2D eigenvalue weighted by atomic mass is 10.0. The minimum atomic E-state index is 0.329. The number of thiazole rings is 1. The summed E-state index contributed by atoms with van der Waals surface area (Å²) in [6, 6.07) is 6.82. The molecule has 0 spiro atoms. The van der Waals surface area contributed by atoms with Gasteiger partial charge in [-0.05, 0) is 31.0 Å². The SMILES string of the molecule is Cc1csc(CNC(C)c2ccc3c(c2)CCO3)n1. The summed E-state index contributed by atoms with van der Waals surface area (Å²) >= 11 is 1.71. The van der Waals surface area contributed by atoms with Crippen molar-refractivity contribution < 1.29 is 4.74 Å². The first-order chi connectivity index (χ1) is 9.22. The van der Waals surface area contributed by atoms with E-state index in [2.05, 4.69) is 40.8 Å². The summed E-state index contributed by atoms with van der Waals surface area (Å²) in [7, 11) is 0. The Labute approximate surface area is 117 Å². The number of nitrogens with zero attached hydrogens (tertiary/aromatic N) is 1. The molecule has 1 aromatic carbocycles. The minimum Gasteiger partial charge on any atom is -0.493 e. The number of hydrogen-bond acceptors (Lipinski definition) is 4. The molecule has 0 saturated heterocycles. The molecular weight excluding hydrogens is 256 g/mol. The van der Waals surface area contributed by atoms with Gasteiger partial charge in [-0.15, -0.1) is 11.3 Å². The van der Waals surface area contributed by atoms with Crippen LogP contribution < -0.4 is 10.1 Å². The molecule has 0 fully saturated rings. The smallest absolute Gasteiger partial charge is 0.122 e. The lowest BCUT2D eigenvalue weighted by Gasteiger charge is -2.14. The summed E-state index contributed by atoms with van der Waals surface area (Å²) in [6.45, 7) is 5.87. The molecule has 1 aromatic heterocycles. The van der Waals surface area contributed by atoms with Crippen LogP contribution in [0, 0.1) is 6.92 Å². The van der Waals surface area contributed by atoms with E-state index in [4.69, 9.17) is 4.74 Å². The van der Waals surface area contributed by atoms with Gasteiger partial charge in [-0.2, -0.15) is 0 Å². The summed E-state index contributed by atoms with van der Waals surface area (Å²) in [5, 5.41) is 6.77. The van der Waals surface area contributed by atoms with E-state index in [0.717, 1.165) is 36.0 Å². The minimum absolute atomic E-state index is 0.329. The van der Waals surface area contributed by atoms with Crippen LogP contribution in [0.25, 0.3) is 0 Å². The largest absolute Gasteiger partial charge is 0.493 e. The van der Waals surface area contributed by atoms with Gasteiger partial charge in [0.15, 0.2) is 0 Å². The predicted molar refractivity (Wildman–Crippen MR) is 77.7 cm³/mol. The first-order valence-electron chi connectivity index (χ1n) is 6.62. The molecule has 0 aliphatic carbocycles. The van der Waals surface area contributed by atoms with Crippen molar-refractivity contribution in [3.8, 4) is 5.75 Å². The molecule has 0 amide bonds. The number of hydrogen-bond donors (Lipinski definition) is 1. The number of rotatable bonds is 4. The third-order valence-corrected chi connectivity index (χ3v) is 4.41. The van der Waals surface area contributed by atoms with Gasteiger partial charge in [0, 0.05) is 30.1 Å². The Morgan fingerprint density at radius 2 is 2.37 bits per heavy atom. The predicted octanol–water partition coefficient (Wildman–Crippen LogP) is 3.24. The lowest BCUT2D eigenvalue weighted by Crippen LogP contribution is -2.18. The van der Waals surface area contributed by atoms with Crippen molar-refractivity contribution in [3.05, 3.63) is 45.4 Å². The van der Waals surface area contributed by atoms with Crippen LogP contribution in [0.15, 0.2) is 23.6 Å². The van der Waals surface area contributed by atoms with E-state index in [-0.39, 0.29) is 0 Å². The van der Waals surface area contributed by atoms with E-state index in [0.29, 0.717) is 6.04 Å². The van der Waals surface area contributed by atoms with Crippen LogP contribution in [0.2, 0.25) is 0 Å². The Bertz CT molecular complexity index is 579. The fourth-order valence-electron chi connectivity index (χ4n) is 2.32. The van der Waals surface area contributed by atoms with Crippen molar-refractivity contribution in [1.82, 2.24) is 10.3 Å². The normalized spacial score (nSPS) is 15.1. The van der Waals surface area contributed by atoms with E-state index in [1.807, 2.05) is 6.92 Å². The molecule has 1 aliphatic rings. The van der Waals surface area contributed by atoms with Crippen LogP contribution in [0.4, 0.5) is 0 Å². The van der Waals surface area contributed by atoms with Crippen LogP contribution >= 0.6 is 11.3 Å². The number of aryl methyl sites for hydroxylation is 1. The van der Waals surface area contributed by atoms with Crippen molar-refractivity contribution in [1.29, 1.82) is 0 Å². The van der Waals surface area contributed by atoms with Crippen LogP contribution in [0.3, 0.4) is 0 Å². The fourth-order valence-corrected chi connectivity index (χ4v) is 3.04. The van der Waals surface area contributed by atoms with Crippen molar-refractivity contribution in [3.63, 3.8) is 0 Å². The quantitative estimate of drug-likeness (QED) is 0.929. The maximum atomic E-state index is 5.54. The first kappa shape index (κ1) is 12.6. The lowest BCUT2D eigenvalue weighted by molar-refractivity contribution is 0.356. The van der Waals surface area contributed by atoms with Crippen molar-refractivity contribution in [2.75, 3.05) is 6.61 Å². The second-order valence-electron chi connectivity index (χ2n) is 4.95. The van der Waals surface area contributed by atoms with Gasteiger partial charge >= 0.3 is 0 Å². The maximum Gasteiger partial charge on any atom is 0.122 e. The third-order valence-electron chi connectivity index (χ3n) is 3.44. The highest BCUT2D eigenvalue weighted by atomic mass is 32.1. The summed E-state index contributed by atoms with van der Waals surface area (Å²) in [5.41, 5.74) is 3.75. The Balaban J connectivity index is 1.65. The number of benzene rings is 1. The van der Waals surface area contributed by atoms with Gasteiger partial charge in [0.1, 0.15) is 10.8 Å². The van der Waals surface area contributed by atoms with Crippen LogP contribution in [-0.2, 0) is 13.0 Å². The highest BCUT2D eigenvalue weighted by Gasteiger charge is 2.14. The van der Waals surface area contributed by atoms with Gasteiger partial charge in [-0.3, -0.25) is 0 Å². The zero-order valence-corrected chi connectivity index (χ0v) is 12.1. The van der Waals surface area contributed by atoms with Crippen LogP contribution in [-0.4, -0.2) is 11.6 Å². The zero-order chi connectivity index (χ0) is 13.2. The molecule has 1 atom stereocenters. The van der Waals surface area contributed by atoms with E-state index < -0.39 is 0 Å². The molecule has 1 N–H and O–H groups in total. The van der Waals surface area contributed by atoms with E-state index >= 15 is 0 Å². The Morgan fingerprint density at radius 3 is 3.16 bits per heavy atom. The van der Waals surface area contributed by atoms with Crippen molar-refractivity contribution >= 4 is 11.3 Å². The van der Waals surface area contributed by atoms with Gasteiger partial charge < -0.3 is 10.1 Å². The molecule has 3 rings (SSSR count). The van der Waals surface area contributed by atoms with Crippen LogP contribution in [0.5, 0.6) is 5.75 Å². The number of aromatic nitrogens is 1. The van der Waals surface area contributed by atoms with Gasteiger partial charge in [0.25, 0.3) is 0 Å². The Hall–Kier alpha value is -1.39. The maximum absolute atomic E-state index is 5.54. The molecule has 1 unspecified atom stereocenters. The highest BCUT2D eigenvalue weighted by molar-refractivity contribution is 7.09. The average molecular weight is 274 g/mol. The van der Waals surface area contributed by atoms with Gasteiger partial charge in [0.2, 0.25) is 0 Å².